The minimum atomic E-state index is -0.542. The molecule has 1 heterocycles. The molecule has 1 aromatic rings. The van der Waals surface area contributed by atoms with Crippen LogP contribution in [-0.4, -0.2) is 61.6 Å². The van der Waals surface area contributed by atoms with Gasteiger partial charge in [0.05, 0.1) is 18.2 Å². The Morgan fingerprint density at radius 2 is 2.04 bits per heavy atom. The first-order valence-electron chi connectivity index (χ1n) is 9.68. The molecule has 28 heavy (non-hydrogen) atoms. The van der Waals surface area contributed by atoms with Gasteiger partial charge in [-0.3, -0.25) is 14.7 Å². The molecule has 2 rings (SSSR count). The van der Waals surface area contributed by atoms with Gasteiger partial charge in [-0.15, -0.1) is 0 Å². The zero-order valence-corrected chi connectivity index (χ0v) is 17.9. The van der Waals surface area contributed by atoms with Crippen LogP contribution >= 0.6 is 12.6 Å². The fourth-order valence-corrected chi connectivity index (χ4v) is 3.57. The van der Waals surface area contributed by atoms with Crippen LogP contribution in [0.4, 0.5) is 0 Å². The van der Waals surface area contributed by atoms with Gasteiger partial charge in [-0.2, -0.15) is 12.6 Å². The molecule has 0 aromatic carbocycles. The lowest BCUT2D eigenvalue weighted by Gasteiger charge is -2.29. The maximum absolute atomic E-state index is 12.8. The molecule has 0 spiro atoms. The number of thiol groups is 1. The third-order valence-corrected chi connectivity index (χ3v) is 5.17. The number of rotatable bonds is 11. The van der Waals surface area contributed by atoms with E-state index < -0.39 is 6.23 Å². The average molecular weight is 413 g/mol. The maximum Gasteiger partial charge on any atom is 0.232 e. The van der Waals surface area contributed by atoms with Gasteiger partial charge in [0.2, 0.25) is 5.91 Å². The predicted octanol–water partition coefficient (Wildman–Crippen LogP) is 2.89. The number of hydrogen-bond acceptors (Lipinski definition) is 7. The summed E-state index contributed by atoms with van der Waals surface area (Å²) in [5, 5.41) is 0. The fraction of sp³-hybridized carbons (Fsp3) is 0.700. The van der Waals surface area contributed by atoms with E-state index in [1.807, 2.05) is 12.1 Å². The van der Waals surface area contributed by atoms with Crippen molar-refractivity contribution in [2.45, 2.75) is 51.4 Å². The van der Waals surface area contributed by atoms with E-state index in [0.29, 0.717) is 11.4 Å². The number of carbonyl (C=O) groups is 1. The smallest absolute Gasteiger partial charge is 0.232 e. The van der Waals surface area contributed by atoms with E-state index in [4.69, 9.17) is 18.9 Å². The zero-order chi connectivity index (χ0) is 20.4. The van der Waals surface area contributed by atoms with E-state index >= 15 is 0 Å². The van der Waals surface area contributed by atoms with Gasteiger partial charge in [-0.25, -0.2) is 0 Å². The summed E-state index contributed by atoms with van der Waals surface area (Å²) in [4.78, 5) is 18.6. The molecule has 1 saturated carbocycles. The molecule has 0 saturated heterocycles. The molecular weight excluding hydrogens is 380 g/mol. The molecule has 1 fully saturated rings. The number of amides is 1. The Kier molecular flexibility index (Phi) is 10.0. The lowest BCUT2D eigenvalue weighted by Crippen LogP contribution is -2.45. The van der Waals surface area contributed by atoms with Crippen LogP contribution in [0.1, 0.15) is 38.3 Å². The van der Waals surface area contributed by atoms with Crippen molar-refractivity contribution in [1.82, 2.24) is 9.88 Å². The molecule has 0 unspecified atom stereocenters. The normalized spacial score (nSPS) is 20.6. The van der Waals surface area contributed by atoms with E-state index in [-0.39, 0.29) is 32.0 Å². The van der Waals surface area contributed by atoms with Gasteiger partial charge in [0.15, 0.2) is 0 Å². The zero-order valence-electron chi connectivity index (χ0n) is 17.0. The number of aromatic nitrogens is 1. The summed E-state index contributed by atoms with van der Waals surface area (Å²) in [6.45, 7) is 2.46. The van der Waals surface area contributed by atoms with Crippen LogP contribution in [-0.2, 0) is 25.4 Å². The first-order chi connectivity index (χ1) is 13.6. The summed E-state index contributed by atoms with van der Waals surface area (Å²) < 4.78 is 21.7. The highest BCUT2D eigenvalue weighted by Crippen LogP contribution is 2.27. The molecule has 0 aliphatic heterocycles. The Bertz CT molecular complexity index is 596. The average Bonchev–Trinajstić information content (AvgIpc) is 2.69. The van der Waals surface area contributed by atoms with Crippen molar-refractivity contribution >= 4 is 18.5 Å². The summed E-state index contributed by atoms with van der Waals surface area (Å²) in [6.07, 6.45) is 6.03. The van der Waals surface area contributed by atoms with Crippen LogP contribution in [0, 0.1) is 5.92 Å². The quantitative estimate of drug-likeness (QED) is 0.445. The minimum absolute atomic E-state index is 0.0697. The summed E-state index contributed by atoms with van der Waals surface area (Å²) in [7, 11) is 3.06. The van der Waals surface area contributed by atoms with Crippen molar-refractivity contribution in [1.29, 1.82) is 0 Å². The van der Waals surface area contributed by atoms with Gasteiger partial charge in [-0.05, 0) is 37.7 Å². The molecule has 1 atom stereocenters. The third-order valence-electron chi connectivity index (χ3n) is 4.86. The van der Waals surface area contributed by atoms with E-state index in [9.17, 15) is 4.79 Å². The van der Waals surface area contributed by atoms with Crippen molar-refractivity contribution in [3.05, 3.63) is 24.0 Å². The lowest BCUT2D eigenvalue weighted by atomic mass is 9.89. The predicted molar refractivity (Wildman–Crippen MR) is 109 cm³/mol. The topological polar surface area (TPSA) is 70.1 Å². The van der Waals surface area contributed by atoms with Crippen LogP contribution in [0.15, 0.2) is 18.3 Å². The molecule has 0 bridgehead atoms. The van der Waals surface area contributed by atoms with E-state index in [0.717, 1.165) is 24.5 Å². The summed E-state index contributed by atoms with van der Waals surface area (Å²) in [6, 6.07) is 3.68. The van der Waals surface area contributed by atoms with E-state index in [1.54, 1.807) is 6.20 Å². The van der Waals surface area contributed by atoms with Gasteiger partial charge in [-0.1, -0.05) is 6.92 Å². The number of pyridine rings is 1. The molecule has 8 heteroatoms. The van der Waals surface area contributed by atoms with Crippen molar-refractivity contribution in [2.24, 2.45) is 5.92 Å². The van der Waals surface area contributed by atoms with Gasteiger partial charge in [0, 0.05) is 32.2 Å². The lowest BCUT2D eigenvalue weighted by molar-refractivity contribution is -0.167. The maximum atomic E-state index is 12.8. The molecule has 0 radical (unpaired) electrons. The second-order valence-electron chi connectivity index (χ2n) is 7.15. The largest absolute Gasteiger partial charge is 0.490 e. The molecule has 1 aliphatic carbocycles. The van der Waals surface area contributed by atoms with Crippen molar-refractivity contribution < 1.29 is 23.7 Å². The van der Waals surface area contributed by atoms with Crippen LogP contribution < -0.4 is 4.74 Å². The number of methoxy groups -OCH3 is 2. The van der Waals surface area contributed by atoms with Crippen LogP contribution in [0.5, 0.6) is 5.75 Å². The molecular formula is C20H32N2O5S. The van der Waals surface area contributed by atoms with Crippen molar-refractivity contribution in [2.75, 3.05) is 33.5 Å². The number of nitrogens with zero attached hydrogens (tertiary/aromatic N) is 2. The Balaban J connectivity index is 1.98. The summed E-state index contributed by atoms with van der Waals surface area (Å²) in [5.74, 6) is 1.71. The molecule has 1 amide bonds. The first kappa shape index (κ1) is 22.9. The first-order valence-corrected chi connectivity index (χ1v) is 10.3. The molecule has 1 aliphatic rings. The van der Waals surface area contributed by atoms with Crippen LogP contribution in [0.2, 0.25) is 0 Å². The van der Waals surface area contributed by atoms with Crippen LogP contribution in [0.3, 0.4) is 0 Å². The third kappa shape index (κ3) is 7.24. The highest BCUT2D eigenvalue weighted by atomic mass is 32.1. The Morgan fingerprint density at radius 3 is 2.68 bits per heavy atom. The summed E-state index contributed by atoms with van der Waals surface area (Å²) >= 11 is 4.27. The fourth-order valence-electron chi connectivity index (χ4n) is 3.26. The Morgan fingerprint density at radius 1 is 1.29 bits per heavy atom. The Hall–Kier alpha value is -1.35. The number of carbonyl (C=O) groups excluding carboxylic acids is 1. The van der Waals surface area contributed by atoms with Crippen molar-refractivity contribution in [3.8, 4) is 5.75 Å². The molecule has 0 N–H and O–H groups in total. The van der Waals surface area contributed by atoms with Crippen LogP contribution in [0.25, 0.3) is 0 Å². The second-order valence-corrected chi connectivity index (χ2v) is 7.52. The summed E-state index contributed by atoms with van der Waals surface area (Å²) in [5.41, 5.74) is 0.650. The monoisotopic (exact) mass is 412 g/mol. The van der Waals surface area contributed by atoms with E-state index in [1.165, 1.54) is 32.0 Å². The molecule has 7 nitrogen and oxygen atoms in total. The molecule has 1 aromatic heterocycles. The van der Waals surface area contributed by atoms with Gasteiger partial charge in [0.25, 0.3) is 0 Å². The molecule has 158 valence electrons. The van der Waals surface area contributed by atoms with E-state index in [2.05, 4.69) is 24.5 Å². The number of hydrogen-bond donors (Lipinski definition) is 1. The highest BCUT2D eigenvalue weighted by Gasteiger charge is 2.24. The van der Waals surface area contributed by atoms with Gasteiger partial charge < -0.3 is 18.9 Å². The SMILES string of the molecule is COCO[C@H](CS)N(COC)C(=O)Cc1cc(OC2CCC(C)CC2)ccn1. The second kappa shape index (κ2) is 12.3. The minimum Gasteiger partial charge on any atom is -0.490 e. The number of ether oxygens (including phenoxy) is 4. The Labute approximate surface area is 173 Å². The standard InChI is InChI=1S/C20H32N2O5S/c1-15-4-6-17(7-5-15)27-18-8-9-21-16(10-18)11-19(23)22(13-24-2)20(12-28)26-14-25-3/h8-10,15,17,20,28H,4-7,11-14H2,1-3H3/t15?,17?,20-/m1/s1. The highest BCUT2D eigenvalue weighted by molar-refractivity contribution is 7.80. The van der Waals surface area contributed by atoms with Gasteiger partial charge >= 0.3 is 0 Å². The van der Waals surface area contributed by atoms with Gasteiger partial charge in [0.1, 0.15) is 25.5 Å². The van der Waals surface area contributed by atoms with Crippen molar-refractivity contribution in [3.63, 3.8) is 0 Å².